The van der Waals surface area contributed by atoms with E-state index in [1.807, 2.05) is 0 Å². The van der Waals surface area contributed by atoms with E-state index in [1.165, 1.54) is 18.5 Å². The van der Waals surface area contributed by atoms with Crippen LogP contribution < -0.4 is 5.32 Å². The van der Waals surface area contributed by atoms with Gasteiger partial charge in [-0.3, -0.25) is 9.89 Å². The topological polar surface area (TPSA) is 70.7 Å². The first-order chi connectivity index (χ1) is 7.75. The van der Waals surface area contributed by atoms with Gasteiger partial charge in [-0.25, -0.2) is 9.37 Å². The van der Waals surface area contributed by atoms with Gasteiger partial charge in [0.2, 0.25) is 5.82 Å². The molecule has 0 aliphatic rings. The Hall–Kier alpha value is -2.24. The largest absolute Gasteiger partial charge is 0.345 e. The van der Waals surface area contributed by atoms with Crippen LogP contribution in [0.2, 0.25) is 0 Å². The standard InChI is InChI=1S/C10H9FN4O/c11-8-3-1-2-7(4-8)5-12-10(16)9-13-6-14-15-9/h1-4,6H,5H2,(H,12,16)(H,13,14,15). The number of H-pyrrole nitrogens is 1. The molecule has 0 radical (unpaired) electrons. The molecule has 0 spiro atoms. The summed E-state index contributed by atoms with van der Waals surface area (Å²) in [6.07, 6.45) is 1.25. The monoisotopic (exact) mass is 220 g/mol. The number of aromatic nitrogens is 3. The molecular formula is C10H9FN4O. The normalized spacial score (nSPS) is 10.1. The van der Waals surface area contributed by atoms with E-state index in [0.717, 1.165) is 0 Å². The fourth-order valence-corrected chi connectivity index (χ4v) is 1.23. The van der Waals surface area contributed by atoms with Gasteiger partial charge < -0.3 is 5.32 Å². The van der Waals surface area contributed by atoms with Crippen LogP contribution in [0.15, 0.2) is 30.6 Å². The van der Waals surface area contributed by atoms with E-state index in [4.69, 9.17) is 0 Å². The lowest BCUT2D eigenvalue weighted by Crippen LogP contribution is -2.24. The Morgan fingerprint density at radius 1 is 1.50 bits per heavy atom. The van der Waals surface area contributed by atoms with Crippen molar-refractivity contribution in [3.05, 3.63) is 47.8 Å². The molecule has 2 N–H and O–H groups in total. The van der Waals surface area contributed by atoms with Crippen LogP contribution in [0.25, 0.3) is 0 Å². The van der Waals surface area contributed by atoms with Gasteiger partial charge in [-0.1, -0.05) is 12.1 Å². The van der Waals surface area contributed by atoms with Crippen LogP contribution in [0.3, 0.4) is 0 Å². The van der Waals surface area contributed by atoms with E-state index in [9.17, 15) is 9.18 Å². The maximum Gasteiger partial charge on any atom is 0.288 e. The lowest BCUT2D eigenvalue weighted by molar-refractivity contribution is 0.0941. The smallest absolute Gasteiger partial charge is 0.288 e. The Labute approximate surface area is 90.7 Å². The Kier molecular flexibility index (Phi) is 2.90. The van der Waals surface area contributed by atoms with Crippen molar-refractivity contribution in [3.63, 3.8) is 0 Å². The van der Waals surface area contributed by atoms with Gasteiger partial charge in [-0.2, -0.15) is 5.10 Å². The number of hydrogen-bond acceptors (Lipinski definition) is 3. The predicted octanol–water partition coefficient (Wildman–Crippen LogP) is 0.874. The summed E-state index contributed by atoms with van der Waals surface area (Å²) in [6, 6.07) is 6.03. The molecule has 5 nitrogen and oxygen atoms in total. The number of nitrogens with one attached hydrogen (secondary N) is 2. The second-order valence-corrected chi connectivity index (χ2v) is 3.15. The molecule has 2 rings (SSSR count). The van der Waals surface area contributed by atoms with Crippen molar-refractivity contribution in [2.75, 3.05) is 0 Å². The zero-order valence-corrected chi connectivity index (χ0v) is 8.27. The van der Waals surface area contributed by atoms with Gasteiger partial charge in [0, 0.05) is 6.54 Å². The number of amides is 1. The highest BCUT2D eigenvalue weighted by molar-refractivity contribution is 5.90. The van der Waals surface area contributed by atoms with E-state index >= 15 is 0 Å². The highest BCUT2D eigenvalue weighted by Crippen LogP contribution is 2.02. The van der Waals surface area contributed by atoms with E-state index < -0.39 is 0 Å². The van der Waals surface area contributed by atoms with Crippen LogP contribution in [0.1, 0.15) is 16.2 Å². The number of benzene rings is 1. The zero-order chi connectivity index (χ0) is 11.4. The van der Waals surface area contributed by atoms with Crippen molar-refractivity contribution in [2.24, 2.45) is 0 Å². The highest BCUT2D eigenvalue weighted by Gasteiger charge is 2.07. The number of nitrogens with zero attached hydrogens (tertiary/aromatic N) is 2. The molecule has 0 saturated heterocycles. The van der Waals surface area contributed by atoms with Crippen molar-refractivity contribution < 1.29 is 9.18 Å². The average Bonchev–Trinajstić information content (AvgIpc) is 2.79. The maximum atomic E-state index is 12.8. The summed E-state index contributed by atoms with van der Waals surface area (Å²) in [4.78, 5) is 15.1. The molecule has 82 valence electrons. The van der Waals surface area contributed by atoms with Gasteiger partial charge in [-0.15, -0.1) is 0 Å². The lowest BCUT2D eigenvalue weighted by Gasteiger charge is -2.02. The minimum Gasteiger partial charge on any atom is -0.345 e. The molecule has 6 heteroatoms. The molecule has 1 aromatic heterocycles. The van der Waals surface area contributed by atoms with E-state index in [0.29, 0.717) is 5.56 Å². The third-order valence-corrected chi connectivity index (χ3v) is 1.97. The maximum absolute atomic E-state index is 12.8. The minimum absolute atomic E-state index is 0.136. The van der Waals surface area contributed by atoms with Crippen molar-refractivity contribution in [1.29, 1.82) is 0 Å². The van der Waals surface area contributed by atoms with Gasteiger partial charge in [0.1, 0.15) is 12.1 Å². The molecule has 1 amide bonds. The molecule has 0 saturated carbocycles. The van der Waals surface area contributed by atoms with Gasteiger partial charge in [-0.05, 0) is 17.7 Å². The Morgan fingerprint density at radius 2 is 2.38 bits per heavy atom. The van der Waals surface area contributed by atoms with Crippen LogP contribution >= 0.6 is 0 Å². The van der Waals surface area contributed by atoms with Crippen LogP contribution in [0.5, 0.6) is 0 Å². The molecule has 0 unspecified atom stereocenters. The number of carbonyl (C=O) groups is 1. The summed E-state index contributed by atoms with van der Waals surface area (Å²) in [5.74, 6) is -0.565. The number of carbonyl (C=O) groups excluding carboxylic acids is 1. The van der Waals surface area contributed by atoms with E-state index in [2.05, 4.69) is 20.5 Å². The van der Waals surface area contributed by atoms with Crippen LogP contribution in [0, 0.1) is 5.82 Å². The SMILES string of the molecule is O=C(NCc1cccc(F)c1)c1ncn[nH]1. The van der Waals surface area contributed by atoms with Crippen LogP contribution in [-0.2, 0) is 6.54 Å². The molecule has 0 bridgehead atoms. The van der Waals surface area contributed by atoms with Crippen LogP contribution in [-0.4, -0.2) is 21.1 Å². The van der Waals surface area contributed by atoms with Gasteiger partial charge >= 0.3 is 0 Å². The third-order valence-electron chi connectivity index (χ3n) is 1.97. The number of rotatable bonds is 3. The molecular weight excluding hydrogens is 211 g/mol. The second kappa shape index (κ2) is 4.52. The average molecular weight is 220 g/mol. The molecule has 0 atom stereocenters. The van der Waals surface area contributed by atoms with Crippen molar-refractivity contribution in [3.8, 4) is 0 Å². The Morgan fingerprint density at radius 3 is 3.06 bits per heavy atom. The van der Waals surface area contributed by atoms with Crippen molar-refractivity contribution in [2.45, 2.75) is 6.54 Å². The molecule has 1 aromatic carbocycles. The van der Waals surface area contributed by atoms with Crippen LogP contribution in [0.4, 0.5) is 4.39 Å². The molecule has 2 aromatic rings. The summed E-state index contributed by atoms with van der Waals surface area (Å²) >= 11 is 0. The van der Waals surface area contributed by atoms with E-state index in [1.54, 1.807) is 12.1 Å². The fourth-order valence-electron chi connectivity index (χ4n) is 1.23. The fraction of sp³-hybridized carbons (Fsp3) is 0.100. The summed E-state index contributed by atoms with van der Waals surface area (Å²) in [5.41, 5.74) is 0.688. The lowest BCUT2D eigenvalue weighted by atomic mass is 10.2. The van der Waals surface area contributed by atoms with Gasteiger partial charge in [0.05, 0.1) is 0 Å². The first kappa shape index (κ1) is 10.3. The molecule has 0 fully saturated rings. The Bertz CT molecular complexity index is 483. The quantitative estimate of drug-likeness (QED) is 0.806. The summed E-state index contributed by atoms with van der Waals surface area (Å²) in [7, 11) is 0. The molecule has 1 heterocycles. The molecule has 16 heavy (non-hydrogen) atoms. The Balaban J connectivity index is 1.95. The molecule has 0 aliphatic heterocycles. The van der Waals surface area contributed by atoms with E-state index in [-0.39, 0.29) is 24.1 Å². The zero-order valence-electron chi connectivity index (χ0n) is 8.27. The minimum atomic E-state index is -0.373. The number of hydrogen-bond donors (Lipinski definition) is 2. The predicted molar refractivity (Wildman–Crippen MR) is 54.0 cm³/mol. The number of aromatic amines is 1. The molecule has 0 aliphatic carbocycles. The number of halogens is 1. The first-order valence-electron chi connectivity index (χ1n) is 4.64. The highest BCUT2D eigenvalue weighted by atomic mass is 19.1. The summed E-state index contributed by atoms with van der Waals surface area (Å²) in [6.45, 7) is 0.247. The second-order valence-electron chi connectivity index (χ2n) is 3.15. The summed E-state index contributed by atoms with van der Waals surface area (Å²) < 4.78 is 12.8. The third kappa shape index (κ3) is 2.41. The summed E-state index contributed by atoms with van der Waals surface area (Å²) in [5, 5.41) is 8.58. The van der Waals surface area contributed by atoms with Crippen molar-refractivity contribution in [1.82, 2.24) is 20.5 Å². The van der Waals surface area contributed by atoms with Crippen molar-refractivity contribution >= 4 is 5.91 Å². The first-order valence-corrected chi connectivity index (χ1v) is 4.64. The van der Waals surface area contributed by atoms with Gasteiger partial charge in [0.15, 0.2) is 0 Å². The van der Waals surface area contributed by atoms with Gasteiger partial charge in [0.25, 0.3) is 5.91 Å².